The molecule has 0 radical (unpaired) electrons. The lowest BCUT2D eigenvalue weighted by Crippen LogP contribution is -2.19. The quantitative estimate of drug-likeness (QED) is 0.658. The molecule has 0 aromatic rings. The summed E-state index contributed by atoms with van der Waals surface area (Å²) in [5.74, 6) is 0. The van der Waals surface area contributed by atoms with Crippen molar-refractivity contribution in [3.8, 4) is 6.07 Å². The Kier molecular flexibility index (Phi) is 6.33. The number of unbranched alkanes of at least 4 members (excludes halogenated alkanes) is 1. The molecule has 0 atom stereocenters. The Morgan fingerprint density at radius 2 is 1.77 bits per heavy atom. The van der Waals surface area contributed by atoms with Crippen molar-refractivity contribution in [1.29, 1.82) is 5.26 Å². The van der Waals surface area contributed by atoms with Crippen molar-refractivity contribution in [2.24, 2.45) is 0 Å². The van der Waals surface area contributed by atoms with Crippen LogP contribution in [0.25, 0.3) is 0 Å². The summed E-state index contributed by atoms with van der Waals surface area (Å²) in [5, 5.41) is 11.0. The summed E-state index contributed by atoms with van der Waals surface area (Å²) >= 11 is 0. The van der Waals surface area contributed by atoms with Crippen molar-refractivity contribution in [2.45, 2.75) is 31.9 Å². The molecule has 0 aromatic carbocycles. The molecule has 0 heterocycles. The second-order valence-electron chi connectivity index (χ2n) is 2.73. The topological polar surface area (TPSA) is 35.8 Å². The lowest BCUT2D eigenvalue weighted by molar-refractivity contribution is -0.135. The zero-order valence-electron chi connectivity index (χ0n) is 7.32. The summed E-state index contributed by atoms with van der Waals surface area (Å²) in [4.78, 5) is 0. The maximum Gasteiger partial charge on any atom is 0.389 e. The first-order valence-corrected chi connectivity index (χ1v) is 4.20. The van der Waals surface area contributed by atoms with Crippen molar-refractivity contribution in [3.05, 3.63) is 0 Å². The molecule has 1 N–H and O–H groups in total. The van der Waals surface area contributed by atoms with E-state index in [1.54, 1.807) is 0 Å². The Balaban J connectivity index is 3.05. The Hall–Kier alpha value is -0.760. The normalized spacial score (nSPS) is 11.2. The molecule has 0 fully saturated rings. The molecule has 2 nitrogen and oxygen atoms in total. The third kappa shape index (κ3) is 11.2. The molecule has 0 aliphatic heterocycles. The van der Waals surface area contributed by atoms with Crippen LogP contribution in [0.2, 0.25) is 0 Å². The van der Waals surface area contributed by atoms with Crippen LogP contribution in [0.5, 0.6) is 0 Å². The average molecular weight is 194 g/mol. The fourth-order valence-electron chi connectivity index (χ4n) is 0.831. The summed E-state index contributed by atoms with van der Waals surface area (Å²) in [7, 11) is 0. The van der Waals surface area contributed by atoms with Gasteiger partial charge in [0.25, 0.3) is 0 Å². The number of rotatable bonds is 6. The molecule has 13 heavy (non-hydrogen) atoms. The zero-order chi connectivity index (χ0) is 10.2. The highest BCUT2D eigenvalue weighted by molar-refractivity contribution is 4.68. The van der Waals surface area contributed by atoms with E-state index in [1.807, 2.05) is 6.07 Å². The van der Waals surface area contributed by atoms with Gasteiger partial charge in [0, 0.05) is 12.8 Å². The van der Waals surface area contributed by atoms with E-state index >= 15 is 0 Å². The lowest BCUT2D eigenvalue weighted by atomic mass is 10.3. The highest BCUT2D eigenvalue weighted by atomic mass is 19.4. The molecular formula is C8H13F3N2. The minimum absolute atomic E-state index is 0.107. The van der Waals surface area contributed by atoms with E-state index < -0.39 is 12.6 Å². The molecule has 0 amide bonds. The van der Waals surface area contributed by atoms with Crippen LogP contribution in [0.15, 0.2) is 0 Å². The first-order valence-electron chi connectivity index (χ1n) is 4.20. The number of halogens is 3. The van der Waals surface area contributed by atoms with Crippen LogP contribution in [0.3, 0.4) is 0 Å². The fourth-order valence-corrected chi connectivity index (χ4v) is 0.831. The smallest absolute Gasteiger partial charge is 0.317 e. The minimum atomic E-state index is -4.05. The van der Waals surface area contributed by atoms with Crippen LogP contribution in [0.1, 0.15) is 25.7 Å². The Morgan fingerprint density at radius 3 is 2.31 bits per heavy atom. The molecular weight excluding hydrogens is 181 g/mol. The molecule has 0 aliphatic rings. The van der Waals surface area contributed by atoms with Crippen LogP contribution < -0.4 is 5.32 Å². The van der Waals surface area contributed by atoms with Crippen LogP contribution >= 0.6 is 0 Å². The van der Waals surface area contributed by atoms with Crippen molar-refractivity contribution < 1.29 is 13.2 Å². The first-order chi connectivity index (χ1) is 6.06. The second-order valence-corrected chi connectivity index (χ2v) is 2.73. The maximum absolute atomic E-state index is 11.6. The summed E-state index contributed by atoms with van der Waals surface area (Å²) < 4.78 is 34.8. The molecule has 0 saturated heterocycles. The number of hydrogen-bond acceptors (Lipinski definition) is 2. The summed E-state index contributed by atoms with van der Waals surface area (Å²) in [6.45, 7) is 0.982. The van der Waals surface area contributed by atoms with Gasteiger partial charge in [0.15, 0.2) is 0 Å². The van der Waals surface area contributed by atoms with E-state index in [1.165, 1.54) is 0 Å². The molecule has 76 valence electrons. The predicted octanol–water partition coefficient (Wildman–Crippen LogP) is 2.22. The standard InChI is InChI=1S/C8H13F3N2/c9-8(10,11)4-3-7-13-6-2-1-5-12/h13H,1-4,6-7H2. The molecule has 0 aliphatic carbocycles. The molecule has 0 unspecified atom stereocenters. The Morgan fingerprint density at radius 1 is 1.15 bits per heavy atom. The lowest BCUT2D eigenvalue weighted by Gasteiger charge is -2.06. The Bertz CT molecular complexity index is 160. The van der Waals surface area contributed by atoms with Gasteiger partial charge < -0.3 is 5.32 Å². The van der Waals surface area contributed by atoms with Gasteiger partial charge in [-0.25, -0.2) is 0 Å². The van der Waals surface area contributed by atoms with E-state index in [4.69, 9.17) is 5.26 Å². The highest BCUT2D eigenvalue weighted by Crippen LogP contribution is 2.20. The van der Waals surface area contributed by atoms with Crippen molar-refractivity contribution in [1.82, 2.24) is 5.32 Å². The maximum atomic E-state index is 11.6. The van der Waals surface area contributed by atoms with E-state index in [0.717, 1.165) is 0 Å². The molecule has 0 saturated carbocycles. The van der Waals surface area contributed by atoms with Crippen LogP contribution in [0, 0.1) is 11.3 Å². The third-order valence-electron chi connectivity index (χ3n) is 1.46. The number of nitriles is 1. The van der Waals surface area contributed by atoms with Crippen molar-refractivity contribution in [3.63, 3.8) is 0 Å². The fraction of sp³-hybridized carbons (Fsp3) is 0.875. The number of alkyl halides is 3. The SMILES string of the molecule is N#CCCCNCCCC(F)(F)F. The van der Waals surface area contributed by atoms with Gasteiger partial charge in [0.2, 0.25) is 0 Å². The number of hydrogen-bond donors (Lipinski definition) is 1. The van der Waals surface area contributed by atoms with Crippen LogP contribution in [-0.4, -0.2) is 19.3 Å². The molecule has 0 bridgehead atoms. The average Bonchev–Trinajstić information content (AvgIpc) is 2.01. The number of nitrogens with zero attached hydrogens (tertiary/aromatic N) is 1. The van der Waals surface area contributed by atoms with E-state index in [2.05, 4.69) is 5.32 Å². The van der Waals surface area contributed by atoms with Gasteiger partial charge in [-0.3, -0.25) is 0 Å². The van der Waals surface area contributed by atoms with Gasteiger partial charge >= 0.3 is 6.18 Å². The first kappa shape index (κ1) is 12.2. The number of nitrogens with one attached hydrogen (secondary N) is 1. The Labute approximate surface area is 75.7 Å². The summed E-state index contributed by atoms with van der Waals surface area (Å²) in [6.07, 6.45) is -3.53. The molecule has 0 aromatic heterocycles. The van der Waals surface area contributed by atoms with E-state index in [9.17, 15) is 13.2 Å². The van der Waals surface area contributed by atoms with Gasteiger partial charge in [-0.15, -0.1) is 0 Å². The molecule has 0 spiro atoms. The summed E-state index contributed by atoms with van der Waals surface area (Å²) in [6, 6.07) is 1.96. The van der Waals surface area contributed by atoms with Gasteiger partial charge in [0.05, 0.1) is 6.07 Å². The summed E-state index contributed by atoms with van der Waals surface area (Å²) in [5.41, 5.74) is 0. The molecule has 0 rings (SSSR count). The van der Waals surface area contributed by atoms with E-state index in [-0.39, 0.29) is 6.42 Å². The zero-order valence-corrected chi connectivity index (χ0v) is 7.32. The van der Waals surface area contributed by atoms with Crippen molar-refractivity contribution in [2.75, 3.05) is 13.1 Å². The van der Waals surface area contributed by atoms with Crippen LogP contribution in [0.4, 0.5) is 13.2 Å². The van der Waals surface area contributed by atoms with Gasteiger partial charge in [-0.1, -0.05) is 0 Å². The van der Waals surface area contributed by atoms with Gasteiger partial charge in [0.1, 0.15) is 0 Å². The van der Waals surface area contributed by atoms with Gasteiger partial charge in [-0.2, -0.15) is 18.4 Å². The van der Waals surface area contributed by atoms with Crippen LogP contribution in [-0.2, 0) is 0 Å². The molecule has 5 heteroatoms. The largest absolute Gasteiger partial charge is 0.389 e. The van der Waals surface area contributed by atoms with Gasteiger partial charge in [-0.05, 0) is 25.9 Å². The monoisotopic (exact) mass is 194 g/mol. The van der Waals surface area contributed by atoms with Crippen molar-refractivity contribution >= 4 is 0 Å². The second kappa shape index (κ2) is 6.72. The predicted molar refractivity (Wildman–Crippen MR) is 43.0 cm³/mol. The highest BCUT2D eigenvalue weighted by Gasteiger charge is 2.25. The van der Waals surface area contributed by atoms with E-state index in [0.29, 0.717) is 25.9 Å². The minimum Gasteiger partial charge on any atom is -0.317 e. The third-order valence-corrected chi connectivity index (χ3v) is 1.46.